The standard InChI is InChI=1S/C16H16Cl2N2O/c1-3-10-4-6-12(7-5-10)20(2)16(21)11-8-13(17)15(18)14(19)9-11/h4-9H,3,19H2,1-2H3. The maximum Gasteiger partial charge on any atom is 0.258 e. The summed E-state index contributed by atoms with van der Waals surface area (Å²) in [5.41, 5.74) is 8.48. The smallest absolute Gasteiger partial charge is 0.258 e. The van der Waals surface area contributed by atoms with Crippen molar-refractivity contribution >= 4 is 40.5 Å². The summed E-state index contributed by atoms with van der Waals surface area (Å²) in [4.78, 5) is 14.0. The van der Waals surface area contributed by atoms with Crippen LogP contribution in [0.4, 0.5) is 11.4 Å². The van der Waals surface area contributed by atoms with Crippen molar-refractivity contribution in [3.8, 4) is 0 Å². The number of hydrogen-bond acceptors (Lipinski definition) is 2. The van der Waals surface area contributed by atoms with Crippen LogP contribution in [-0.4, -0.2) is 13.0 Å². The van der Waals surface area contributed by atoms with Crippen LogP contribution in [0.5, 0.6) is 0 Å². The highest BCUT2D eigenvalue weighted by Gasteiger charge is 2.16. The molecule has 0 unspecified atom stereocenters. The SMILES string of the molecule is CCc1ccc(N(C)C(=O)c2cc(N)c(Cl)c(Cl)c2)cc1. The lowest BCUT2D eigenvalue weighted by molar-refractivity contribution is 0.0993. The molecule has 2 aromatic carbocycles. The highest BCUT2D eigenvalue weighted by Crippen LogP contribution is 2.30. The average Bonchev–Trinajstić information content (AvgIpc) is 2.50. The number of amides is 1. The molecule has 0 aliphatic carbocycles. The normalized spacial score (nSPS) is 10.5. The fraction of sp³-hybridized carbons (Fsp3) is 0.188. The largest absolute Gasteiger partial charge is 0.397 e. The Labute approximate surface area is 134 Å². The van der Waals surface area contributed by atoms with Gasteiger partial charge in [0.1, 0.15) is 0 Å². The van der Waals surface area contributed by atoms with E-state index in [-0.39, 0.29) is 16.0 Å². The minimum atomic E-state index is -0.190. The molecule has 2 rings (SSSR count). The molecule has 0 aliphatic heterocycles. The van der Waals surface area contributed by atoms with Crippen LogP contribution in [0.3, 0.4) is 0 Å². The molecular weight excluding hydrogens is 307 g/mol. The zero-order valence-electron chi connectivity index (χ0n) is 11.9. The molecule has 0 aromatic heterocycles. The number of nitrogens with zero attached hydrogens (tertiary/aromatic N) is 1. The molecule has 3 nitrogen and oxygen atoms in total. The van der Waals surface area contributed by atoms with Gasteiger partial charge >= 0.3 is 0 Å². The second kappa shape index (κ2) is 6.37. The third kappa shape index (κ3) is 3.31. The molecule has 0 fully saturated rings. The summed E-state index contributed by atoms with van der Waals surface area (Å²) in [5.74, 6) is -0.190. The molecule has 0 radical (unpaired) electrons. The molecule has 110 valence electrons. The van der Waals surface area contributed by atoms with Gasteiger partial charge in [-0.05, 0) is 36.2 Å². The van der Waals surface area contributed by atoms with Crippen LogP contribution in [0.15, 0.2) is 36.4 Å². The maximum absolute atomic E-state index is 12.5. The molecule has 2 aromatic rings. The third-order valence-electron chi connectivity index (χ3n) is 3.34. The highest BCUT2D eigenvalue weighted by atomic mass is 35.5. The summed E-state index contributed by atoms with van der Waals surface area (Å²) in [6.45, 7) is 2.09. The van der Waals surface area contributed by atoms with Gasteiger partial charge < -0.3 is 10.6 Å². The van der Waals surface area contributed by atoms with Crippen molar-refractivity contribution in [2.45, 2.75) is 13.3 Å². The van der Waals surface area contributed by atoms with Gasteiger partial charge in [0.2, 0.25) is 0 Å². The Bertz CT molecular complexity index is 645. The molecule has 0 aliphatic rings. The van der Waals surface area contributed by atoms with Crippen LogP contribution in [0, 0.1) is 0 Å². The number of halogens is 2. The van der Waals surface area contributed by atoms with E-state index in [0.29, 0.717) is 11.3 Å². The second-order valence-corrected chi connectivity index (χ2v) is 5.53. The average molecular weight is 323 g/mol. The number of rotatable bonds is 3. The Morgan fingerprint density at radius 1 is 1.19 bits per heavy atom. The van der Waals surface area contributed by atoms with Gasteiger partial charge in [0.15, 0.2) is 0 Å². The Morgan fingerprint density at radius 3 is 2.33 bits per heavy atom. The van der Waals surface area contributed by atoms with Gasteiger partial charge in [-0.25, -0.2) is 0 Å². The number of nitrogens with two attached hydrogens (primary N) is 1. The van der Waals surface area contributed by atoms with Crippen LogP contribution in [-0.2, 0) is 6.42 Å². The minimum absolute atomic E-state index is 0.190. The van der Waals surface area contributed by atoms with Gasteiger partial charge in [0.05, 0.1) is 15.7 Å². The third-order valence-corrected chi connectivity index (χ3v) is 4.16. The molecule has 2 N–H and O–H groups in total. The van der Waals surface area contributed by atoms with E-state index in [1.165, 1.54) is 17.7 Å². The number of benzene rings is 2. The van der Waals surface area contributed by atoms with Crippen molar-refractivity contribution in [1.29, 1.82) is 0 Å². The van der Waals surface area contributed by atoms with Crippen molar-refractivity contribution in [2.75, 3.05) is 17.7 Å². The monoisotopic (exact) mass is 322 g/mol. The van der Waals surface area contributed by atoms with Crippen molar-refractivity contribution < 1.29 is 4.79 Å². The topological polar surface area (TPSA) is 46.3 Å². The number of carbonyl (C=O) groups is 1. The number of nitrogen functional groups attached to an aromatic ring is 1. The quantitative estimate of drug-likeness (QED) is 0.850. The zero-order valence-corrected chi connectivity index (χ0v) is 13.4. The van der Waals surface area contributed by atoms with Crippen LogP contribution >= 0.6 is 23.2 Å². The lowest BCUT2D eigenvalue weighted by atomic mass is 10.1. The molecule has 5 heteroatoms. The van der Waals surface area contributed by atoms with Gasteiger partial charge in [0, 0.05) is 18.3 Å². The van der Waals surface area contributed by atoms with Gasteiger partial charge in [0.25, 0.3) is 5.91 Å². The Hall–Kier alpha value is -1.71. The fourth-order valence-electron chi connectivity index (χ4n) is 2.00. The van der Waals surface area contributed by atoms with E-state index in [4.69, 9.17) is 28.9 Å². The minimum Gasteiger partial charge on any atom is -0.397 e. The summed E-state index contributed by atoms with van der Waals surface area (Å²) < 4.78 is 0. The van der Waals surface area contributed by atoms with E-state index in [2.05, 4.69) is 6.92 Å². The van der Waals surface area contributed by atoms with Crippen LogP contribution < -0.4 is 10.6 Å². The van der Waals surface area contributed by atoms with Crippen molar-refractivity contribution in [1.82, 2.24) is 0 Å². The summed E-state index contributed by atoms with van der Waals surface area (Å²) in [7, 11) is 1.71. The van der Waals surface area contributed by atoms with E-state index in [1.807, 2.05) is 24.3 Å². The first-order valence-corrected chi connectivity index (χ1v) is 7.31. The van der Waals surface area contributed by atoms with E-state index in [0.717, 1.165) is 12.1 Å². The van der Waals surface area contributed by atoms with Crippen molar-refractivity contribution in [2.24, 2.45) is 0 Å². The molecule has 0 atom stereocenters. The summed E-state index contributed by atoms with van der Waals surface area (Å²) in [5, 5.41) is 0.540. The number of hydrogen-bond donors (Lipinski definition) is 1. The summed E-state index contributed by atoms with van der Waals surface area (Å²) in [6.07, 6.45) is 0.960. The first-order valence-electron chi connectivity index (χ1n) is 6.55. The Balaban J connectivity index is 2.30. The second-order valence-electron chi connectivity index (χ2n) is 4.75. The van der Waals surface area contributed by atoms with Gasteiger partial charge in [-0.1, -0.05) is 42.3 Å². The van der Waals surface area contributed by atoms with Crippen molar-refractivity contribution in [3.05, 3.63) is 57.6 Å². The van der Waals surface area contributed by atoms with Crippen molar-refractivity contribution in [3.63, 3.8) is 0 Å². The lowest BCUT2D eigenvalue weighted by Gasteiger charge is -2.18. The van der Waals surface area contributed by atoms with E-state index < -0.39 is 0 Å². The molecule has 0 saturated heterocycles. The van der Waals surface area contributed by atoms with Gasteiger partial charge in [-0.3, -0.25) is 4.79 Å². The number of aryl methyl sites for hydroxylation is 1. The Kier molecular flexibility index (Phi) is 4.76. The van der Waals surface area contributed by atoms with Crippen LogP contribution in [0.25, 0.3) is 0 Å². The molecule has 1 amide bonds. The highest BCUT2D eigenvalue weighted by molar-refractivity contribution is 6.44. The molecular formula is C16H16Cl2N2O. The van der Waals surface area contributed by atoms with Crippen LogP contribution in [0.1, 0.15) is 22.8 Å². The molecule has 0 heterocycles. The summed E-state index contributed by atoms with van der Waals surface area (Å²) in [6, 6.07) is 10.9. The predicted octanol–water partition coefficient (Wildman–Crippen LogP) is 4.41. The maximum atomic E-state index is 12.5. The number of carbonyl (C=O) groups excluding carboxylic acids is 1. The fourth-order valence-corrected chi connectivity index (χ4v) is 2.34. The Morgan fingerprint density at radius 2 is 1.81 bits per heavy atom. The van der Waals surface area contributed by atoms with E-state index in [1.54, 1.807) is 11.9 Å². The molecule has 0 spiro atoms. The first kappa shape index (κ1) is 15.7. The van der Waals surface area contributed by atoms with E-state index in [9.17, 15) is 4.79 Å². The molecule has 21 heavy (non-hydrogen) atoms. The van der Waals surface area contributed by atoms with E-state index >= 15 is 0 Å². The lowest BCUT2D eigenvalue weighted by Crippen LogP contribution is -2.26. The molecule has 0 bridgehead atoms. The summed E-state index contributed by atoms with van der Waals surface area (Å²) >= 11 is 11.9. The van der Waals surface area contributed by atoms with Gasteiger partial charge in [-0.15, -0.1) is 0 Å². The molecule has 0 saturated carbocycles. The van der Waals surface area contributed by atoms with Crippen LogP contribution in [0.2, 0.25) is 10.0 Å². The first-order chi connectivity index (χ1) is 9.93. The zero-order chi connectivity index (χ0) is 15.6. The van der Waals surface area contributed by atoms with Gasteiger partial charge in [-0.2, -0.15) is 0 Å². The number of anilines is 2. The predicted molar refractivity (Wildman–Crippen MR) is 89.4 cm³/mol.